The first-order valence-electron chi connectivity index (χ1n) is 16.6. The molecule has 5 rings (SSSR count). The molecule has 49 heavy (non-hydrogen) atoms. The number of alkyl carbamates (subject to hydrolysis) is 1. The lowest BCUT2D eigenvalue weighted by Gasteiger charge is -2.30. The average molecular weight is 673 g/mol. The molecule has 5 N–H and O–H groups in total. The highest BCUT2D eigenvalue weighted by Crippen LogP contribution is 2.33. The van der Waals surface area contributed by atoms with Gasteiger partial charge in [0.05, 0.1) is 37.3 Å². The lowest BCUT2D eigenvalue weighted by Crippen LogP contribution is -2.51. The lowest BCUT2D eigenvalue weighted by molar-refractivity contribution is -0.136. The van der Waals surface area contributed by atoms with Crippen LogP contribution in [-0.2, 0) is 14.3 Å². The lowest BCUT2D eigenvalue weighted by atomic mass is 10.0. The molecule has 0 spiro atoms. The number of methoxy groups -OCH3 is 1. The number of amides is 4. The van der Waals surface area contributed by atoms with E-state index in [4.69, 9.17) is 4.74 Å². The standard InChI is InChI=1S/C35H44N8O6/c1-20(2)28(40-34(46)47)32(44)42-16-6-8-26(42)30-36-18-24(38-30)15-12-22-10-13-23(14-11-22)25-19-37-31(39-25)27-9-7-17-43(27)33(45)29(21(3)4)41-35(48)49-5/h10-11,13-14,18-21,26-29,40H,6-9,16-17H2,1-5H3,(H,36,38)(H,37,39)(H,41,48)(H,46,47). The number of nitrogens with zero attached hydrogens (tertiary/aromatic N) is 4. The third kappa shape index (κ3) is 8.05. The maximum atomic E-state index is 13.4. The first-order chi connectivity index (χ1) is 23.5. The molecule has 0 radical (unpaired) electrons. The fourth-order valence-electron chi connectivity index (χ4n) is 6.43. The molecule has 0 saturated carbocycles. The SMILES string of the molecule is COC(=O)NC(C(=O)N1CCCC1c1ncc(-c2ccc(C#Cc3cnc(C4CCCN4C(=O)C(NC(=O)O)C(C)C)[nH]3)cc2)[nH]1)C(C)C. The second-order valence-corrected chi connectivity index (χ2v) is 13.1. The molecular weight excluding hydrogens is 628 g/mol. The van der Waals surface area contributed by atoms with Crippen LogP contribution < -0.4 is 10.6 Å². The molecule has 2 aliphatic heterocycles. The normalized spacial score (nSPS) is 18.6. The van der Waals surface area contributed by atoms with Gasteiger partial charge in [-0.25, -0.2) is 19.6 Å². The van der Waals surface area contributed by atoms with Crippen LogP contribution in [0.1, 0.15) is 88.4 Å². The molecule has 2 aliphatic rings. The number of imidazole rings is 2. The van der Waals surface area contributed by atoms with E-state index in [0.717, 1.165) is 42.5 Å². The van der Waals surface area contributed by atoms with Crippen LogP contribution in [0, 0.1) is 23.7 Å². The van der Waals surface area contributed by atoms with Crippen LogP contribution in [0.3, 0.4) is 0 Å². The van der Waals surface area contributed by atoms with E-state index in [-0.39, 0.29) is 35.7 Å². The van der Waals surface area contributed by atoms with E-state index in [1.54, 1.807) is 22.2 Å². The Morgan fingerprint density at radius 2 is 1.39 bits per heavy atom. The van der Waals surface area contributed by atoms with E-state index < -0.39 is 24.3 Å². The Morgan fingerprint density at radius 3 is 1.94 bits per heavy atom. The summed E-state index contributed by atoms with van der Waals surface area (Å²) < 4.78 is 4.73. The molecule has 14 nitrogen and oxygen atoms in total. The minimum Gasteiger partial charge on any atom is -0.465 e. The predicted molar refractivity (Wildman–Crippen MR) is 180 cm³/mol. The van der Waals surface area contributed by atoms with Crippen molar-refractivity contribution in [3.05, 3.63) is 59.6 Å². The molecule has 4 heterocycles. The second kappa shape index (κ2) is 15.3. The van der Waals surface area contributed by atoms with Gasteiger partial charge in [-0.15, -0.1) is 0 Å². The number of hydrogen-bond donors (Lipinski definition) is 5. The Bertz CT molecular complexity index is 1720. The van der Waals surface area contributed by atoms with Gasteiger partial charge in [-0.2, -0.15) is 0 Å². The summed E-state index contributed by atoms with van der Waals surface area (Å²) in [7, 11) is 1.28. The van der Waals surface area contributed by atoms with Crippen LogP contribution in [0.25, 0.3) is 11.3 Å². The van der Waals surface area contributed by atoms with Crippen molar-refractivity contribution in [2.75, 3.05) is 20.2 Å². The molecule has 0 bridgehead atoms. The molecule has 2 saturated heterocycles. The van der Waals surface area contributed by atoms with Crippen LogP contribution in [-0.4, -0.2) is 91.1 Å². The van der Waals surface area contributed by atoms with Crippen LogP contribution in [0.15, 0.2) is 36.7 Å². The number of aromatic nitrogens is 4. The monoisotopic (exact) mass is 672 g/mol. The number of rotatable bonds is 9. The summed E-state index contributed by atoms with van der Waals surface area (Å²) in [4.78, 5) is 69.1. The van der Waals surface area contributed by atoms with Gasteiger partial charge in [0.25, 0.3) is 0 Å². The van der Waals surface area contributed by atoms with Crippen LogP contribution in [0.2, 0.25) is 0 Å². The average Bonchev–Trinajstić information content (AvgIpc) is 3.90. The maximum Gasteiger partial charge on any atom is 0.407 e. The van der Waals surface area contributed by atoms with E-state index >= 15 is 0 Å². The third-order valence-corrected chi connectivity index (χ3v) is 9.03. The van der Waals surface area contributed by atoms with Gasteiger partial charge in [-0.05, 0) is 61.1 Å². The Hall–Kier alpha value is -5.32. The smallest absolute Gasteiger partial charge is 0.407 e. The Kier molecular flexibility index (Phi) is 10.9. The van der Waals surface area contributed by atoms with E-state index in [0.29, 0.717) is 30.4 Å². The molecule has 3 aromatic rings. The third-order valence-electron chi connectivity index (χ3n) is 9.03. The summed E-state index contributed by atoms with van der Waals surface area (Å²) >= 11 is 0. The van der Waals surface area contributed by atoms with Crippen molar-refractivity contribution in [1.29, 1.82) is 0 Å². The topological polar surface area (TPSA) is 186 Å². The maximum absolute atomic E-state index is 13.4. The number of nitrogens with one attached hydrogen (secondary N) is 4. The number of H-pyrrole nitrogens is 2. The van der Waals surface area contributed by atoms with Crippen LogP contribution in [0.4, 0.5) is 9.59 Å². The zero-order chi connectivity index (χ0) is 35.2. The van der Waals surface area contributed by atoms with Gasteiger partial charge in [0.1, 0.15) is 29.4 Å². The van der Waals surface area contributed by atoms with E-state index in [1.807, 2.05) is 52.0 Å². The molecule has 14 heteroatoms. The highest BCUT2D eigenvalue weighted by atomic mass is 16.5. The van der Waals surface area contributed by atoms with Gasteiger partial charge in [0, 0.05) is 18.7 Å². The van der Waals surface area contributed by atoms with Gasteiger partial charge in [-0.1, -0.05) is 45.7 Å². The summed E-state index contributed by atoms with van der Waals surface area (Å²) in [5, 5.41) is 14.2. The van der Waals surface area contributed by atoms with Gasteiger partial charge >= 0.3 is 12.2 Å². The highest BCUT2D eigenvalue weighted by molar-refractivity contribution is 5.87. The number of carbonyl (C=O) groups is 4. The quantitative estimate of drug-likeness (QED) is 0.209. The Labute approximate surface area is 285 Å². The number of ether oxygens (including phenoxy) is 1. The highest BCUT2D eigenvalue weighted by Gasteiger charge is 2.38. The van der Waals surface area contributed by atoms with Crippen molar-refractivity contribution >= 4 is 24.0 Å². The molecule has 2 aromatic heterocycles. The minimum atomic E-state index is -1.22. The van der Waals surface area contributed by atoms with E-state index in [9.17, 15) is 24.3 Å². The summed E-state index contributed by atoms with van der Waals surface area (Å²) in [5.74, 6) is 6.86. The zero-order valence-corrected chi connectivity index (χ0v) is 28.4. The second-order valence-electron chi connectivity index (χ2n) is 13.1. The van der Waals surface area contributed by atoms with Crippen molar-refractivity contribution < 1.29 is 29.0 Å². The van der Waals surface area contributed by atoms with Gasteiger partial charge in [0.2, 0.25) is 11.8 Å². The van der Waals surface area contributed by atoms with Crippen molar-refractivity contribution in [3.8, 4) is 23.1 Å². The fourth-order valence-corrected chi connectivity index (χ4v) is 6.43. The number of carboxylic acid groups (broad SMARTS) is 1. The van der Waals surface area contributed by atoms with Crippen molar-refractivity contribution in [3.63, 3.8) is 0 Å². The Morgan fingerprint density at radius 1 is 0.837 bits per heavy atom. The zero-order valence-electron chi connectivity index (χ0n) is 28.4. The van der Waals surface area contributed by atoms with Gasteiger partial charge in [0.15, 0.2) is 0 Å². The molecule has 260 valence electrons. The fraction of sp³-hybridized carbons (Fsp3) is 0.486. The van der Waals surface area contributed by atoms with Crippen molar-refractivity contribution in [2.45, 2.75) is 77.5 Å². The molecular formula is C35H44N8O6. The minimum absolute atomic E-state index is 0.113. The first kappa shape index (κ1) is 35.0. The van der Waals surface area contributed by atoms with Gasteiger partial charge < -0.3 is 40.2 Å². The molecule has 1 aromatic carbocycles. The molecule has 2 fully saturated rings. The number of hydrogen-bond acceptors (Lipinski definition) is 7. The number of benzene rings is 1. The Balaban J connectivity index is 1.24. The molecule has 4 atom stereocenters. The summed E-state index contributed by atoms with van der Waals surface area (Å²) in [6, 6.07) is 5.70. The molecule has 0 aliphatic carbocycles. The van der Waals surface area contributed by atoms with Gasteiger partial charge in [-0.3, -0.25) is 9.59 Å². The van der Waals surface area contributed by atoms with Crippen LogP contribution in [0.5, 0.6) is 0 Å². The number of carbonyl (C=O) groups excluding carboxylic acids is 3. The molecule has 4 amide bonds. The number of aromatic amines is 2. The van der Waals surface area contributed by atoms with E-state index in [2.05, 4.69) is 42.4 Å². The first-order valence-corrected chi connectivity index (χ1v) is 16.6. The molecule has 4 unspecified atom stereocenters. The van der Waals surface area contributed by atoms with Crippen molar-refractivity contribution in [2.24, 2.45) is 11.8 Å². The van der Waals surface area contributed by atoms with Crippen molar-refractivity contribution in [1.82, 2.24) is 40.4 Å². The number of likely N-dealkylation sites (tertiary alicyclic amines) is 2. The predicted octanol–water partition coefficient (Wildman–Crippen LogP) is 4.20. The summed E-state index contributed by atoms with van der Waals surface area (Å²) in [6.07, 6.45) is 4.66. The van der Waals surface area contributed by atoms with Crippen LogP contribution >= 0.6 is 0 Å². The summed E-state index contributed by atoms with van der Waals surface area (Å²) in [6.45, 7) is 8.51. The largest absolute Gasteiger partial charge is 0.465 e. The van der Waals surface area contributed by atoms with E-state index in [1.165, 1.54) is 7.11 Å². The summed E-state index contributed by atoms with van der Waals surface area (Å²) in [5.41, 5.74) is 3.13.